The molecule has 0 amide bonds. The first-order chi connectivity index (χ1) is 5.68. The monoisotopic (exact) mass is 245 g/mol. The second-order valence-electron chi connectivity index (χ2n) is 2.38. The SMILES string of the molecule is C=C(Br)CNc1cccc(Cl)c1. The van der Waals surface area contributed by atoms with Gasteiger partial charge in [0.25, 0.3) is 0 Å². The molecule has 0 aromatic heterocycles. The van der Waals surface area contributed by atoms with Crippen LogP contribution in [-0.2, 0) is 0 Å². The Kier molecular flexibility index (Phi) is 3.63. The third-order valence-electron chi connectivity index (χ3n) is 1.31. The molecule has 64 valence electrons. The van der Waals surface area contributed by atoms with Crippen molar-refractivity contribution in [2.45, 2.75) is 0 Å². The van der Waals surface area contributed by atoms with Crippen LogP contribution < -0.4 is 5.32 Å². The lowest BCUT2D eigenvalue weighted by atomic mass is 10.3. The first kappa shape index (κ1) is 9.62. The van der Waals surface area contributed by atoms with Crippen LogP contribution in [0.15, 0.2) is 35.3 Å². The smallest absolute Gasteiger partial charge is 0.0460 e. The molecule has 0 bridgehead atoms. The summed E-state index contributed by atoms with van der Waals surface area (Å²) in [6.45, 7) is 4.42. The molecule has 1 rings (SSSR count). The lowest BCUT2D eigenvalue weighted by Crippen LogP contribution is -1.99. The maximum atomic E-state index is 5.79. The molecule has 1 nitrogen and oxygen atoms in total. The van der Waals surface area contributed by atoms with Gasteiger partial charge in [0.05, 0.1) is 0 Å². The van der Waals surface area contributed by atoms with E-state index in [1.54, 1.807) is 0 Å². The summed E-state index contributed by atoms with van der Waals surface area (Å²) in [6, 6.07) is 7.58. The van der Waals surface area contributed by atoms with Crippen molar-refractivity contribution >= 4 is 33.2 Å². The van der Waals surface area contributed by atoms with Gasteiger partial charge in [-0.05, 0) is 18.2 Å². The van der Waals surface area contributed by atoms with Gasteiger partial charge in [-0.3, -0.25) is 0 Å². The van der Waals surface area contributed by atoms with Crippen LogP contribution in [0.1, 0.15) is 0 Å². The molecule has 0 aliphatic heterocycles. The van der Waals surface area contributed by atoms with Crippen LogP contribution in [0.4, 0.5) is 5.69 Å². The second kappa shape index (κ2) is 4.53. The Labute approximate surface area is 85.6 Å². The Morgan fingerprint density at radius 3 is 2.92 bits per heavy atom. The molecular weight excluding hydrogens is 237 g/mol. The van der Waals surface area contributed by atoms with Crippen LogP contribution >= 0.6 is 27.5 Å². The first-order valence-corrected chi connectivity index (χ1v) is 4.68. The number of halogens is 2. The summed E-state index contributed by atoms with van der Waals surface area (Å²) in [5.41, 5.74) is 1.00. The number of rotatable bonds is 3. The number of hydrogen-bond donors (Lipinski definition) is 1. The molecule has 1 aromatic rings. The molecule has 0 spiro atoms. The summed E-state index contributed by atoms with van der Waals surface area (Å²) >= 11 is 9.05. The van der Waals surface area contributed by atoms with Crippen molar-refractivity contribution in [1.82, 2.24) is 0 Å². The highest BCUT2D eigenvalue weighted by molar-refractivity contribution is 9.11. The lowest BCUT2D eigenvalue weighted by molar-refractivity contribution is 1.33. The van der Waals surface area contributed by atoms with Crippen molar-refractivity contribution in [1.29, 1.82) is 0 Å². The first-order valence-electron chi connectivity index (χ1n) is 3.51. The highest BCUT2D eigenvalue weighted by atomic mass is 79.9. The van der Waals surface area contributed by atoms with Crippen LogP contribution in [0.5, 0.6) is 0 Å². The molecule has 0 saturated heterocycles. The van der Waals surface area contributed by atoms with Gasteiger partial charge in [-0.25, -0.2) is 0 Å². The normalized spacial score (nSPS) is 9.50. The lowest BCUT2D eigenvalue weighted by Gasteiger charge is -2.04. The molecule has 0 aliphatic rings. The van der Waals surface area contributed by atoms with Gasteiger partial charge in [0.15, 0.2) is 0 Å². The van der Waals surface area contributed by atoms with Gasteiger partial charge in [0.1, 0.15) is 0 Å². The zero-order chi connectivity index (χ0) is 8.97. The van der Waals surface area contributed by atoms with Crippen LogP contribution in [0.3, 0.4) is 0 Å². The standard InChI is InChI=1S/C9H9BrClN/c1-7(10)6-12-9-4-2-3-8(11)5-9/h2-5,12H,1,6H2. The van der Waals surface area contributed by atoms with E-state index in [4.69, 9.17) is 11.6 Å². The highest BCUT2D eigenvalue weighted by Crippen LogP contribution is 2.15. The number of nitrogens with one attached hydrogen (secondary N) is 1. The highest BCUT2D eigenvalue weighted by Gasteiger charge is 1.92. The van der Waals surface area contributed by atoms with Gasteiger partial charge in [0.2, 0.25) is 0 Å². The predicted octanol–water partition coefficient (Wildman–Crippen LogP) is 3.66. The minimum absolute atomic E-state index is 0.709. The van der Waals surface area contributed by atoms with E-state index in [1.807, 2.05) is 24.3 Å². The molecule has 12 heavy (non-hydrogen) atoms. The second-order valence-corrected chi connectivity index (χ2v) is 3.94. The maximum absolute atomic E-state index is 5.79. The van der Waals surface area contributed by atoms with Gasteiger partial charge in [-0.15, -0.1) is 0 Å². The molecule has 0 unspecified atom stereocenters. The van der Waals surface area contributed by atoms with Gasteiger partial charge >= 0.3 is 0 Å². The zero-order valence-corrected chi connectivity index (χ0v) is 8.82. The summed E-state index contributed by atoms with van der Waals surface area (Å²) in [7, 11) is 0. The fourth-order valence-corrected chi connectivity index (χ4v) is 1.13. The third-order valence-corrected chi connectivity index (χ3v) is 1.82. The maximum Gasteiger partial charge on any atom is 0.0460 e. The van der Waals surface area contributed by atoms with E-state index < -0.39 is 0 Å². The van der Waals surface area contributed by atoms with Crippen molar-refractivity contribution in [2.24, 2.45) is 0 Å². The van der Waals surface area contributed by atoms with Gasteiger partial charge < -0.3 is 5.32 Å². The van der Waals surface area contributed by atoms with E-state index in [9.17, 15) is 0 Å². The molecule has 0 atom stereocenters. The van der Waals surface area contributed by atoms with Crippen molar-refractivity contribution in [2.75, 3.05) is 11.9 Å². The van der Waals surface area contributed by atoms with Gasteiger partial charge in [-0.2, -0.15) is 0 Å². The molecule has 0 aliphatic carbocycles. The Balaban J connectivity index is 2.57. The van der Waals surface area contributed by atoms with Crippen LogP contribution in [-0.4, -0.2) is 6.54 Å². The molecule has 0 saturated carbocycles. The zero-order valence-electron chi connectivity index (χ0n) is 6.48. The van der Waals surface area contributed by atoms with Crippen LogP contribution in [0.25, 0.3) is 0 Å². The van der Waals surface area contributed by atoms with E-state index in [0.29, 0.717) is 6.54 Å². The summed E-state index contributed by atoms with van der Waals surface area (Å²) in [6.07, 6.45) is 0. The number of benzene rings is 1. The molecular formula is C9H9BrClN. The molecule has 0 heterocycles. The Morgan fingerprint density at radius 2 is 2.33 bits per heavy atom. The molecule has 0 fully saturated rings. The van der Waals surface area contributed by atoms with E-state index in [0.717, 1.165) is 15.2 Å². The molecule has 3 heteroatoms. The summed E-state index contributed by atoms with van der Waals surface area (Å²) in [5.74, 6) is 0. The van der Waals surface area contributed by atoms with Crippen molar-refractivity contribution < 1.29 is 0 Å². The summed E-state index contributed by atoms with van der Waals surface area (Å²) < 4.78 is 0.919. The molecule has 1 N–H and O–H groups in total. The van der Waals surface area contributed by atoms with Gasteiger partial charge in [-0.1, -0.05) is 40.2 Å². The van der Waals surface area contributed by atoms with E-state index in [-0.39, 0.29) is 0 Å². The van der Waals surface area contributed by atoms with E-state index >= 15 is 0 Å². The Morgan fingerprint density at radius 1 is 1.58 bits per heavy atom. The number of hydrogen-bond acceptors (Lipinski definition) is 1. The van der Waals surface area contributed by atoms with E-state index in [2.05, 4.69) is 27.8 Å². The van der Waals surface area contributed by atoms with E-state index in [1.165, 1.54) is 0 Å². The summed E-state index contributed by atoms with van der Waals surface area (Å²) in [5, 5.41) is 3.89. The fraction of sp³-hybridized carbons (Fsp3) is 0.111. The topological polar surface area (TPSA) is 12.0 Å². The Hall–Kier alpha value is -0.470. The average molecular weight is 247 g/mol. The quantitative estimate of drug-likeness (QED) is 0.858. The number of anilines is 1. The minimum Gasteiger partial charge on any atom is -0.380 e. The Bertz CT molecular complexity index is 286. The largest absolute Gasteiger partial charge is 0.380 e. The van der Waals surface area contributed by atoms with Crippen LogP contribution in [0, 0.1) is 0 Å². The van der Waals surface area contributed by atoms with Gasteiger partial charge in [0, 0.05) is 21.7 Å². The molecule has 1 aromatic carbocycles. The third kappa shape index (κ3) is 3.28. The summed E-state index contributed by atoms with van der Waals surface area (Å²) in [4.78, 5) is 0. The predicted molar refractivity (Wildman–Crippen MR) is 58.0 cm³/mol. The van der Waals surface area contributed by atoms with Crippen LogP contribution in [0.2, 0.25) is 5.02 Å². The van der Waals surface area contributed by atoms with Crippen molar-refractivity contribution in [3.05, 3.63) is 40.3 Å². The molecule has 0 radical (unpaired) electrons. The average Bonchev–Trinajstić information content (AvgIpc) is 2.01. The fourth-order valence-electron chi connectivity index (χ4n) is 0.796. The van der Waals surface area contributed by atoms with Crippen molar-refractivity contribution in [3.8, 4) is 0 Å². The minimum atomic E-state index is 0.709. The van der Waals surface area contributed by atoms with Crippen molar-refractivity contribution in [3.63, 3.8) is 0 Å².